The van der Waals surface area contributed by atoms with Gasteiger partial charge in [-0.2, -0.15) is 0 Å². The van der Waals surface area contributed by atoms with E-state index in [4.69, 9.17) is 14.2 Å². The van der Waals surface area contributed by atoms with Crippen molar-refractivity contribution >= 4 is 11.0 Å². The molecule has 1 N–H and O–H groups in total. The van der Waals surface area contributed by atoms with E-state index in [9.17, 15) is 5.11 Å². The number of benzene rings is 1. The van der Waals surface area contributed by atoms with Crippen LogP contribution in [0.25, 0.3) is 11.0 Å². The molecule has 102 valence electrons. The van der Waals surface area contributed by atoms with Gasteiger partial charge in [0.15, 0.2) is 11.5 Å². The van der Waals surface area contributed by atoms with Crippen molar-refractivity contribution in [3.63, 3.8) is 0 Å². The minimum Gasteiger partial charge on any atom is -0.486 e. The van der Waals surface area contributed by atoms with Gasteiger partial charge in [0.1, 0.15) is 25.6 Å². The Labute approximate surface area is 110 Å². The van der Waals surface area contributed by atoms with Gasteiger partial charge in [-0.05, 0) is 0 Å². The molecule has 1 aromatic carbocycles. The standard InChI is InChI=1S/C13H16N2O4/c1-17-8-13-14-9-6-11-12(19-5-4-18-11)7-10(9)15(13)2-3-16/h6-7,16H,2-5,8H2,1H3. The van der Waals surface area contributed by atoms with Gasteiger partial charge in [-0.3, -0.25) is 0 Å². The maximum absolute atomic E-state index is 9.18. The molecule has 3 rings (SSSR count). The van der Waals surface area contributed by atoms with Gasteiger partial charge < -0.3 is 23.9 Å². The molecule has 0 saturated heterocycles. The highest BCUT2D eigenvalue weighted by Crippen LogP contribution is 2.34. The Morgan fingerprint density at radius 2 is 2.05 bits per heavy atom. The molecular formula is C13H16N2O4. The molecule has 0 radical (unpaired) electrons. The van der Waals surface area contributed by atoms with Crippen LogP contribution in [0.2, 0.25) is 0 Å². The number of aliphatic hydroxyl groups excluding tert-OH is 1. The van der Waals surface area contributed by atoms with Gasteiger partial charge in [-0.25, -0.2) is 4.98 Å². The first-order valence-electron chi connectivity index (χ1n) is 6.22. The highest BCUT2D eigenvalue weighted by molar-refractivity contribution is 5.80. The number of hydrogen-bond acceptors (Lipinski definition) is 5. The third-order valence-electron chi connectivity index (χ3n) is 3.09. The van der Waals surface area contributed by atoms with Crippen LogP contribution < -0.4 is 9.47 Å². The lowest BCUT2D eigenvalue weighted by Crippen LogP contribution is -2.15. The summed E-state index contributed by atoms with van der Waals surface area (Å²) < 4.78 is 18.2. The van der Waals surface area contributed by atoms with Crippen LogP contribution in [0.3, 0.4) is 0 Å². The molecule has 1 aliphatic heterocycles. The van der Waals surface area contributed by atoms with Gasteiger partial charge in [0.05, 0.1) is 17.6 Å². The van der Waals surface area contributed by atoms with Crippen LogP contribution in [-0.4, -0.2) is 41.6 Å². The van der Waals surface area contributed by atoms with E-state index < -0.39 is 0 Å². The molecule has 0 fully saturated rings. The van der Waals surface area contributed by atoms with E-state index in [1.54, 1.807) is 7.11 Å². The molecule has 0 spiro atoms. The highest BCUT2D eigenvalue weighted by atomic mass is 16.6. The molecule has 1 aliphatic rings. The molecule has 6 nitrogen and oxygen atoms in total. The van der Waals surface area contributed by atoms with E-state index in [0.717, 1.165) is 28.4 Å². The number of aromatic nitrogens is 2. The zero-order valence-electron chi connectivity index (χ0n) is 10.8. The molecule has 2 heterocycles. The fourth-order valence-electron chi connectivity index (χ4n) is 2.30. The fourth-order valence-corrected chi connectivity index (χ4v) is 2.30. The van der Waals surface area contributed by atoms with Crippen molar-refractivity contribution in [1.29, 1.82) is 0 Å². The maximum atomic E-state index is 9.18. The lowest BCUT2D eigenvalue weighted by atomic mass is 10.2. The summed E-state index contributed by atoms with van der Waals surface area (Å²) in [7, 11) is 1.62. The van der Waals surface area contributed by atoms with E-state index >= 15 is 0 Å². The van der Waals surface area contributed by atoms with E-state index in [1.165, 1.54) is 0 Å². The Morgan fingerprint density at radius 1 is 1.32 bits per heavy atom. The van der Waals surface area contributed by atoms with Crippen LogP contribution in [0, 0.1) is 0 Å². The van der Waals surface area contributed by atoms with Crippen molar-refractivity contribution in [2.24, 2.45) is 0 Å². The van der Waals surface area contributed by atoms with Crippen molar-refractivity contribution in [2.75, 3.05) is 26.9 Å². The molecule has 0 atom stereocenters. The number of imidazole rings is 1. The summed E-state index contributed by atoms with van der Waals surface area (Å²) in [5.74, 6) is 2.23. The molecule has 0 bridgehead atoms. The van der Waals surface area contributed by atoms with Crippen LogP contribution in [0.1, 0.15) is 5.82 Å². The molecule has 0 saturated carbocycles. The second kappa shape index (κ2) is 5.07. The molecular weight excluding hydrogens is 248 g/mol. The number of ether oxygens (including phenoxy) is 3. The summed E-state index contributed by atoms with van der Waals surface area (Å²) in [5.41, 5.74) is 1.75. The molecule has 19 heavy (non-hydrogen) atoms. The van der Waals surface area contributed by atoms with Crippen molar-refractivity contribution in [3.8, 4) is 11.5 Å². The van der Waals surface area contributed by atoms with Crippen LogP contribution >= 0.6 is 0 Å². The number of nitrogens with zero attached hydrogens (tertiary/aromatic N) is 2. The van der Waals surface area contributed by atoms with Gasteiger partial charge in [-0.15, -0.1) is 0 Å². The highest BCUT2D eigenvalue weighted by Gasteiger charge is 2.17. The van der Waals surface area contributed by atoms with Crippen molar-refractivity contribution in [3.05, 3.63) is 18.0 Å². The summed E-state index contributed by atoms with van der Waals surface area (Å²) in [4.78, 5) is 4.52. The maximum Gasteiger partial charge on any atom is 0.163 e. The third kappa shape index (κ3) is 2.13. The number of aliphatic hydroxyl groups is 1. The predicted molar refractivity (Wildman–Crippen MR) is 68.5 cm³/mol. The lowest BCUT2D eigenvalue weighted by molar-refractivity contribution is 0.171. The first-order chi connectivity index (χ1) is 9.33. The van der Waals surface area contributed by atoms with Gasteiger partial charge in [0.2, 0.25) is 0 Å². The average Bonchev–Trinajstić information content (AvgIpc) is 2.75. The number of rotatable bonds is 4. The van der Waals surface area contributed by atoms with Crippen LogP contribution in [0.5, 0.6) is 11.5 Å². The predicted octanol–water partition coefficient (Wildman–Crippen LogP) is 0.946. The third-order valence-corrected chi connectivity index (χ3v) is 3.09. The van der Waals surface area contributed by atoms with Gasteiger partial charge >= 0.3 is 0 Å². The van der Waals surface area contributed by atoms with Crippen molar-refractivity contribution in [1.82, 2.24) is 9.55 Å². The first-order valence-corrected chi connectivity index (χ1v) is 6.22. The zero-order chi connectivity index (χ0) is 13.2. The van der Waals surface area contributed by atoms with E-state index in [1.807, 2.05) is 16.7 Å². The fraction of sp³-hybridized carbons (Fsp3) is 0.462. The lowest BCUT2D eigenvalue weighted by Gasteiger charge is -2.18. The largest absolute Gasteiger partial charge is 0.486 e. The molecule has 2 aromatic rings. The Hall–Kier alpha value is -1.79. The average molecular weight is 264 g/mol. The summed E-state index contributed by atoms with van der Waals surface area (Å²) in [5, 5.41) is 9.18. The first kappa shape index (κ1) is 12.3. The molecule has 0 aliphatic carbocycles. The SMILES string of the molecule is COCc1nc2cc3c(cc2n1CCO)OCCO3. The Balaban J connectivity index is 2.14. The van der Waals surface area contributed by atoms with Crippen molar-refractivity contribution in [2.45, 2.75) is 13.2 Å². The number of fused-ring (bicyclic) bond motifs is 2. The Kier molecular flexibility index (Phi) is 3.27. The van der Waals surface area contributed by atoms with Gasteiger partial charge in [0.25, 0.3) is 0 Å². The van der Waals surface area contributed by atoms with Crippen LogP contribution in [0.15, 0.2) is 12.1 Å². The van der Waals surface area contributed by atoms with Crippen LogP contribution in [0.4, 0.5) is 0 Å². The monoisotopic (exact) mass is 264 g/mol. The molecule has 1 aromatic heterocycles. The Morgan fingerprint density at radius 3 is 2.74 bits per heavy atom. The van der Waals surface area contributed by atoms with E-state index in [2.05, 4.69) is 4.98 Å². The van der Waals surface area contributed by atoms with Crippen molar-refractivity contribution < 1.29 is 19.3 Å². The summed E-state index contributed by atoms with van der Waals surface area (Å²) >= 11 is 0. The quantitative estimate of drug-likeness (QED) is 0.890. The smallest absolute Gasteiger partial charge is 0.163 e. The molecule has 0 amide bonds. The van der Waals surface area contributed by atoms with E-state index in [0.29, 0.717) is 26.4 Å². The summed E-state index contributed by atoms with van der Waals surface area (Å²) in [6, 6.07) is 3.78. The molecule has 0 unspecified atom stereocenters. The second-order valence-corrected chi connectivity index (χ2v) is 4.32. The second-order valence-electron chi connectivity index (χ2n) is 4.32. The Bertz CT molecular complexity index is 594. The summed E-state index contributed by atoms with van der Waals surface area (Å²) in [6.45, 7) is 2.05. The normalized spacial score (nSPS) is 14.0. The minimum absolute atomic E-state index is 0.0522. The number of hydrogen-bond donors (Lipinski definition) is 1. The zero-order valence-corrected chi connectivity index (χ0v) is 10.8. The molecule has 6 heteroatoms. The van der Waals surface area contributed by atoms with Gasteiger partial charge in [-0.1, -0.05) is 0 Å². The number of methoxy groups -OCH3 is 1. The van der Waals surface area contributed by atoms with E-state index in [-0.39, 0.29) is 6.61 Å². The topological polar surface area (TPSA) is 65.7 Å². The minimum atomic E-state index is 0.0522. The van der Waals surface area contributed by atoms with Gasteiger partial charge in [0, 0.05) is 25.8 Å². The summed E-state index contributed by atoms with van der Waals surface area (Å²) in [6.07, 6.45) is 0. The van der Waals surface area contributed by atoms with Crippen LogP contribution in [-0.2, 0) is 17.9 Å².